The molecule has 1 rings (SSSR count). The van der Waals surface area contributed by atoms with Gasteiger partial charge >= 0.3 is 0 Å². The Balaban J connectivity index is 2.41. The zero-order chi connectivity index (χ0) is 9.68. The maximum atomic E-state index is 12.5. The molecule has 0 saturated heterocycles. The Hall–Kier alpha value is -0.540. The average Bonchev–Trinajstić information content (AvgIpc) is 2.16. The summed E-state index contributed by atoms with van der Waals surface area (Å²) in [5.74, 6) is -0.179. The van der Waals surface area contributed by atoms with E-state index in [0.717, 1.165) is 12.1 Å². The normalized spacial score (nSPS) is 12.8. The molecule has 0 heterocycles. The van der Waals surface area contributed by atoms with Crippen molar-refractivity contribution in [3.05, 3.63) is 35.6 Å². The molecule has 1 aromatic carbocycles. The Morgan fingerprint density at radius 1 is 1.38 bits per heavy atom. The first-order valence-corrected chi connectivity index (χ1v) is 5.52. The molecule has 3 heteroatoms. The molecule has 0 aliphatic heterocycles. The largest absolute Gasteiger partial charge is 0.301 e. The molecule has 0 aromatic heterocycles. The molecular weight excluding hydrogens is 185 g/mol. The molecule has 1 unspecified atom stereocenters. The van der Waals surface area contributed by atoms with Crippen LogP contribution in [0.4, 0.5) is 4.39 Å². The molecule has 1 aromatic rings. The lowest BCUT2D eigenvalue weighted by Gasteiger charge is -2.10. The molecule has 0 aliphatic carbocycles. The summed E-state index contributed by atoms with van der Waals surface area (Å²) >= 11 is 1.76. The van der Waals surface area contributed by atoms with E-state index in [-0.39, 0.29) is 5.82 Å². The lowest BCUT2D eigenvalue weighted by molar-refractivity contribution is 0.625. The maximum Gasteiger partial charge on any atom is 0.123 e. The highest BCUT2D eigenvalue weighted by atomic mass is 32.2. The number of rotatable bonds is 4. The predicted octanol–water partition coefficient (Wildman–Crippen LogP) is 2.62. The van der Waals surface area contributed by atoms with Gasteiger partial charge in [0.1, 0.15) is 5.82 Å². The fraction of sp³-hybridized carbons (Fsp3) is 0.400. The molecule has 1 N–H and O–H groups in total. The molecule has 0 radical (unpaired) electrons. The first kappa shape index (κ1) is 10.5. The monoisotopic (exact) mass is 199 g/mol. The van der Waals surface area contributed by atoms with Gasteiger partial charge in [0.25, 0.3) is 0 Å². The average molecular weight is 199 g/mol. The van der Waals surface area contributed by atoms with Crippen molar-refractivity contribution in [1.82, 2.24) is 5.32 Å². The summed E-state index contributed by atoms with van der Waals surface area (Å²) < 4.78 is 12.5. The summed E-state index contributed by atoms with van der Waals surface area (Å²) in [6.45, 7) is 2.90. The number of halogens is 1. The second kappa shape index (κ2) is 5.25. The Morgan fingerprint density at radius 2 is 2.00 bits per heavy atom. The topological polar surface area (TPSA) is 12.0 Å². The van der Waals surface area contributed by atoms with Crippen molar-refractivity contribution in [2.75, 3.05) is 6.26 Å². The van der Waals surface area contributed by atoms with Crippen molar-refractivity contribution >= 4 is 11.8 Å². The van der Waals surface area contributed by atoms with Gasteiger partial charge in [0.2, 0.25) is 0 Å². The van der Waals surface area contributed by atoms with Crippen LogP contribution in [0.25, 0.3) is 0 Å². The van der Waals surface area contributed by atoms with Crippen LogP contribution in [-0.4, -0.2) is 11.6 Å². The van der Waals surface area contributed by atoms with Crippen molar-refractivity contribution in [2.45, 2.75) is 18.8 Å². The van der Waals surface area contributed by atoms with Gasteiger partial charge in [-0.25, -0.2) is 4.39 Å². The molecule has 1 atom stereocenters. The van der Waals surface area contributed by atoms with E-state index >= 15 is 0 Å². The van der Waals surface area contributed by atoms with Gasteiger partial charge in [-0.3, -0.25) is 0 Å². The molecule has 1 nitrogen and oxygen atoms in total. The second-order valence-corrected chi connectivity index (χ2v) is 4.06. The first-order chi connectivity index (χ1) is 6.22. The summed E-state index contributed by atoms with van der Waals surface area (Å²) in [7, 11) is 0. The molecule has 72 valence electrons. The standard InChI is InChI=1S/C10H14FNS/c1-8(13-2)12-7-9-3-5-10(11)6-4-9/h3-6,8,12H,7H2,1-2H3. The van der Waals surface area contributed by atoms with Crippen molar-refractivity contribution in [1.29, 1.82) is 0 Å². The fourth-order valence-electron chi connectivity index (χ4n) is 0.947. The van der Waals surface area contributed by atoms with E-state index < -0.39 is 0 Å². The Labute approximate surface area is 82.7 Å². The maximum absolute atomic E-state index is 12.5. The molecule has 0 aliphatic rings. The van der Waals surface area contributed by atoms with Crippen LogP contribution in [0.15, 0.2) is 24.3 Å². The van der Waals surface area contributed by atoms with Crippen LogP contribution in [0.2, 0.25) is 0 Å². The summed E-state index contributed by atoms with van der Waals surface area (Å²) in [6.07, 6.45) is 2.06. The first-order valence-electron chi connectivity index (χ1n) is 4.23. The van der Waals surface area contributed by atoms with Gasteiger partial charge in [-0.15, -0.1) is 11.8 Å². The van der Waals surface area contributed by atoms with Gasteiger partial charge < -0.3 is 5.32 Å². The van der Waals surface area contributed by atoms with Gasteiger partial charge in [-0.2, -0.15) is 0 Å². The molecule has 0 bridgehead atoms. The van der Waals surface area contributed by atoms with E-state index in [9.17, 15) is 4.39 Å². The number of nitrogens with one attached hydrogen (secondary N) is 1. The third-order valence-corrected chi connectivity index (χ3v) is 2.73. The summed E-state index contributed by atoms with van der Waals surface area (Å²) in [4.78, 5) is 0. The number of benzene rings is 1. The van der Waals surface area contributed by atoms with E-state index in [4.69, 9.17) is 0 Å². The molecule has 0 amide bonds. The van der Waals surface area contributed by atoms with Gasteiger partial charge in [0.05, 0.1) is 5.37 Å². The van der Waals surface area contributed by atoms with Crippen molar-refractivity contribution in [3.63, 3.8) is 0 Å². The van der Waals surface area contributed by atoms with E-state index in [1.54, 1.807) is 23.9 Å². The van der Waals surface area contributed by atoms with Gasteiger partial charge in [-0.05, 0) is 30.9 Å². The predicted molar refractivity (Wildman–Crippen MR) is 56.2 cm³/mol. The summed E-state index contributed by atoms with van der Waals surface area (Å²) in [5, 5.41) is 3.74. The van der Waals surface area contributed by atoms with E-state index in [1.165, 1.54) is 12.1 Å². The number of hydrogen-bond donors (Lipinski definition) is 1. The van der Waals surface area contributed by atoms with E-state index in [2.05, 4.69) is 18.5 Å². The highest BCUT2D eigenvalue weighted by molar-refractivity contribution is 7.99. The third kappa shape index (κ3) is 3.79. The molecular formula is C10H14FNS. The van der Waals surface area contributed by atoms with Crippen LogP contribution in [0.1, 0.15) is 12.5 Å². The summed E-state index contributed by atoms with van der Waals surface area (Å²) in [5.41, 5.74) is 1.11. The van der Waals surface area contributed by atoms with Crippen LogP contribution in [0.3, 0.4) is 0 Å². The fourth-order valence-corrected chi connectivity index (χ4v) is 1.20. The van der Waals surface area contributed by atoms with Gasteiger partial charge in [0.15, 0.2) is 0 Å². The SMILES string of the molecule is CSC(C)NCc1ccc(F)cc1. The minimum absolute atomic E-state index is 0.179. The highest BCUT2D eigenvalue weighted by Gasteiger charge is 1.98. The lowest BCUT2D eigenvalue weighted by atomic mass is 10.2. The second-order valence-electron chi connectivity index (χ2n) is 2.89. The Morgan fingerprint density at radius 3 is 2.54 bits per heavy atom. The Kier molecular flexibility index (Phi) is 4.25. The highest BCUT2D eigenvalue weighted by Crippen LogP contribution is 2.05. The molecule has 0 spiro atoms. The van der Waals surface area contributed by atoms with Crippen LogP contribution < -0.4 is 5.32 Å². The van der Waals surface area contributed by atoms with Gasteiger partial charge in [-0.1, -0.05) is 12.1 Å². The van der Waals surface area contributed by atoms with Crippen LogP contribution in [0, 0.1) is 5.82 Å². The van der Waals surface area contributed by atoms with Crippen molar-refractivity contribution in [3.8, 4) is 0 Å². The van der Waals surface area contributed by atoms with E-state index in [1.807, 2.05) is 0 Å². The van der Waals surface area contributed by atoms with Crippen LogP contribution in [-0.2, 0) is 6.54 Å². The Bertz CT molecular complexity index is 248. The van der Waals surface area contributed by atoms with Crippen LogP contribution >= 0.6 is 11.8 Å². The van der Waals surface area contributed by atoms with Gasteiger partial charge in [0, 0.05) is 6.54 Å². The van der Waals surface area contributed by atoms with Crippen molar-refractivity contribution < 1.29 is 4.39 Å². The van der Waals surface area contributed by atoms with Crippen LogP contribution in [0.5, 0.6) is 0 Å². The smallest absolute Gasteiger partial charge is 0.123 e. The zero-order valence-corrected chi connectivity index (χ0v) is 8.70. The lowest BCUT2D eigenvalue weighted by Crippen LogP contribution is -2.21. The summed E-state index contributed by atoms with van der Waals surface area (Å²) in [6, 6.07) is 6.58. The minimum atomic E-state index is -0.179. The third-order valence-electron chi connectivity index (χ3n) is 1.86. The molecule has 13 heavy (non-hydrogen) atoms. The van der Waals surface area contributed by atoms with Crippen molar-refractivity contribution in [2.24, 2.45) is 0 Å². The molecule has 0 saturated carbocycles. The zero-order valence-electron chi connectivity index (χ0n) is 7.88. The minimum Gasteiger partial charge on any atom is -0.301 e. The quantitative estimate of drug-likeness (QED) is 0.748. The van der Waals surface area contributed by atoms with E-state index in [0.29, 0.717) is 5.37 Å². The number of hydrogen-bond acceptors (Lipinski definition) is 2. The number of thioether (sulfide) groups is 1. The molecule has 0 fully saturated rings.